The first-order chi connectivity index (χ1) is 15.9. The number of hydrogen-bond donors (Lipinski definition) is 3. The van der Waals surface area contributed by atoms with Crippen LogP contribution in [0.25, 0.3) is 17.2 Å². The maximum absolute atomic E-state index is 12.3. The fourth-order valence-corrected chi connectivity index (χ4v) is 4.03. The van der Waals surface area contributed by atoms with Crippen molar-refractivity contribution in [1.82, 2.24) is 5.32 Å². The number of amides is 1. The monoisotopic (exact) mass is 458 g/mol. The summed E-state index contributed by atoms with van der Waals surface area (Å²) in [7, 11) is 0. The quantitative estimate of drug-likeness (QED) is 0.466. The van der Waals surface area contributed by atoms with Gasteiger partial charge < -0.3 is 15.5 Å². The highest BCUT2D eigenvalue weighted by molar-refractivity contribution is 8.18. The summed E-state index contributed by atoms with van der Waals surface area (Å²) in [5.41, 5.74) is 4.21. The van der Waals surface area contributed by atoms with Gasteiger partial charge >= 0.3 is 11.9 Å². The molecule has 0 aliphatic carbocycles. The molecule has 33 heavy (non-hydrogen) atoms. The van der Waals surface area contributed by atoms with Gasteiger partial charge in [0.05, 0.1) is 22.6 Å². The van der Waals surface area contributed by atoms with E-state index in [2.05, 4.69) is 10.3 Å². The van der Waals surface area contributed by atoms with Crippen LogP contribution in [0.15, 0.2) is 82.7 Å². The standard InChI is InChI=1S/C25H18N2O5S/c28-22(29)14-16-3-11-20(12-4-16)26-25-27-23(30)21(33-25)13-15-1-5-17(6-2-15)18-7-9-19(10-8-18)24(31)32/h1-13H,14H2,(H,28,29)(H,31,32)(H,26,27,30). The van der Waals surface area contributed by atoms with Gasteiger partial charge in [0.2, 0.25) is 0 Å². The number of benzene rings is 3. The molecule has 164 valence electrons. The molecule has 3 N–H and O–H groups in total. The Bertz CT molecular complexity index is 1280. The van der Waals surface area contributed by atoms with Crippen LogP contribution in [0, 0.1) is 0 Å². The summed E-state index contributed by atoms with van der Waals surface area (Å²) >= 11 is 1.23. The Morgan fingerprint density at radius 3 is 2.06 bits per heavy atom. The molecule has 1 fully saturated rings. The number of nitrogens with one attached hydrogen (secondary N) is 1. The van der Waals surface area contributed by atoms with Crippen molar-refractivity contribution in [2.75, 3.05) is 0 Å². The Morgan fingerprint density at radius 2 is 1.48 bits per heavy atom. The first-order valence-corrected chi connectivity index (χ1v) is 10.7. The molecule has 0 unspecified atom stereocenters. The van der Waals surface area contributed by atoms with E-state index in [-0.39, 0.29) is 17.9 Å². The Morgan fingerprint density at radius 1 is 0.879 bits per heavy atom. The Balaban J connectivity index is 1.46. The van der Waals surface area contributed by atoms with Crippen LogP contribution in [0.2, 0.25) is 0 Å². The largest absolute Gasteiger partial charge is 0.481 e. The number of thioether (sulfide) groups is 1. The van der Waals surface area contributed by atoms with Crippen LogP contribution in [0.5, 0.6) is 0 Å². The molecule has 0 spiro atoms. The highest BCUT2D eigenvalue weighted by Crippen LogP contribution is 2.29. The van der Waals surface area contributed by atoms with E-state index in [9.17, 15) is 14.4 Å². The lowest BCUT2D eigenvalue weighted by Crippen LogP contribution is -2.19. The van der Waals surface area contributed by atoms with Crippen molar-refractivity contribution < 1.29 is 24.6 Å². The molecular weight excluding hydrogens is 440 g/mol. The van der Waals surface area contributed by atoms with Crippen molar-refractivity contribution >= 4 is 46.5 Å². The Kier molecular flexibility index (Phi) is 6.37. The zero-order valence-electron chi connectivity index (χ0n) is 17.2. The summed E-state index contributed by atoms with van der Waals surface area (Å²) < 4.78 is 0. The first-order valence-electron chi connectivity index (χ1n) is 9.91. The van der Waals surface area contributed by atoms with Crippen LogP contribution < -0.4 is 5.32 Å². The van der Waals surface area contributed by atoms with Crippen molar-refractivity contribution in [2.45, 2.75) is 6.42 Å². The number of aliphatic imine (C=N–C) groups is 1. The number of aromatic carboxylic acids is 1. The van der Waals surface area contributed by atoms with E-state index >= 15 is 0 Å². The van der Waals surface area contributed by atoms with Gasteiger partial charge in [-0.25, -0.2) is 9.79 Å². The van der Waals surface area contributed by atoms with Gasteiger partial charge in [-0.05, 0) is 64.4 Å². The number of carbonyl (C=O) groups excluding carboxylic acids is 1. The minimum absolute atomic E-state index is 0.0539. The molecule has 3 aromatic rings. The molecule has 0 saturated carbocycles. The number of carboxylic acid groups (broad SMARTS) is 2. The van der Waals surface area contributed by atoms with E-state index in [1.807, 2.05) is 24.3 Å². The topological polar surface area (TPSA) is 116 Å². The predicted octanol–water partition coefficient (Wildman–Crippen LogP) is 4.57. The molecule has 1 aliphatic heterocycles. The van der Waals surface area contributed by atoms with Crippen molar-refractivity contribution in [3.8, 4) is 11.1 Å². The van der Waals surface area contributed by atoms with Gasteiger partial charge in [0.25, 0.3) is 5.91 Å². The summed E-state index contributed by atoms with van der Waals surface area (Å²) in [4.78, 5) is 39.0. The number of nitrogens with zero attached hydrogens (tertiary/aromatic N) is 1. The van der Waals surface area contributed by atoms with E-state index in [0.717, 1.165) is 16.7 Å². The minimum Gasteiger partial charge on any atom is -0.481 e. The second-order valence-electron chi connectivity index (χ2n) is 7.22. The second-order valence-corrected chi connectivity index (χ2v) is 8.25. The fraction of sp³-hybridized carbons (Fsp3) is 0.0400. The first kappa shape index (κ1) is 22.0. The highest BCUT2D eigenvalue weighted by atomic mass is 32.2. The van der Waals surface area contributed by atoms with Crippen LogP contribution >= 0.6 is 11.8 Å². The number of carboxylic acids is 2. The molecule has 7 nitrogen and oxygen atoms in total. The third kappa shape index (κ3) is 5.55. The molecule has 1 aliphatic rings. The van der Waals surface area contributed by atoms with Crippen molar-refractivity contribution in [3.63, 3.8) is 0 Å². The van der Waals surface area contributed by atoms with Gasteiger partial charge in [-0.2, -0.15) is 0 Å². The van der Waals surface area contributed by atoms with Crippen molar-refractivity contribution in [2.24, 2.45) is 4.99 Å². The smallest absolute Gasteiger partial charge is 0.335 e. The maximum Gasteiger partial charge on any atom is 0.335 e. The second kappa shape index (κ2) is 9.54. The van der Waals surface area contributed by atoms with Crippen LogP contribution in [0.4, 0.5) is 5.69 Å². The van der Waals surface area contributed by atoms with Crippen LogP contribution in [0.3, 0.4) is 0 Å². The van der Waals surface area contributed by atoms with Crippen molar-refractivity contribution in [1.29, 1.82) is 0 Å². The van der Waals surface area contributed by atoms with Gasteiger partial charge in [-0.1, -0.05) is 48.5 Å². The van der Waals surface area contributed by atoms with Gasteiger partial charge in [0, 0.05) is 0 Å². The van der Waals surface area contributed by atoms with E-state index in [0.29, 0.717) is 21.3 Å². The molecule has 8 heteroatoms. The summed E-state index contributed by atoms with van der Waals surface area (Å²) in [5.74, 6) is -2.10. The van der Waals surface area contributed by atoms with E-state index in [4.69, 9.17) is 10.2 Å². The molecule has 3 aromatic carbocycles. The number of hydrogen-bond acceptors (Lipinski definition) is 5. The molecule has 0 atom stereocenters. The highest BCUT2D eigenvalue weighted by Gasteiger charge is 2.23. The van der Waals surface area contributed by atoms with E-state index in [1.165, 1.54) is 11.8 Å². The molecule has 1 heterocycles. The number of rotatable bonds is 6. The van der Waals surface area contributed by atoms with E-state index in [1.54, 1.807) is 54.6 Å². The predicted molar refractivity (Wildman–Crippen MR) is 127 cm³/mol. The SMILES string of the molecule is O=C(O)Cc1ccc(N=C2NC(=O)C(=Cc3ccc(-c4ccc(C(=O)O)cc4)cc3)S2)cc1. The van der Waals surface area contributed by atoms with Crippen molar-refractivity contribution in [3.05, 3.63) is 94.4 Å². The third-order valence-electron chi connectivity index (χ3n) is 4.85. The van der Waals surface area contributed by atoms with E-state index < -0.39 is 11.9 Å². The molecule has 1 saturated heterocycles. The average molecular weight is 458 g/mol. The number of aliphatic carboxylic acids is 1. The summed E-state index contributed by atoms with van der Waals surface area (Å²) in [5, 5.41) is 21.0. The normalized spacial score (nSPS) is 15.6. The average Bonchev–Trinajstić information content (AvgIpc) is 3.14. The molecule has 0 bridgehead atoms. The van der Waals surface area contributed by atoms with Gasteiger partial charge in [0.1, 0.15) is 0 Å². The molecule has 0 aromatic heterocycles. The van der Waals surface area contributed by atoms with Gasteiger partial charge in [0.15, 0.2) is 5.17 Å². The zero-order valence-corrected chi connectivity index (χ0v) is 18.0. The number of amidine groups is 1. The summed E-state index contributed by atoms with van der Waals surface area (Å²) in [6, 6.07) is 21.0. The Labute approximate surface area is 193 Å². The van der Waals surface area contributed by atoms with Crippen LogP contribution in [-0.2, 0) is 16.0 Å². The lowest BCUT2D eigenvalue weighted by Gasteiger charge is -2.03. The minimum atomic E-state index is -0.964. The van der Waals surface area contributed by atoms with Gasteiger partial charge in [-0.3, -0.25) is 9.59 Å². The molecule has 4 rings (SSSR count). The Hall–Kier alpha value is -4.17. The molecular formula is C25H18N2O5S. The fourth-order valence-electron chi connectivity index (χ4n) is 3.19. The number of carbonyl (C=O) groups is 3. The maximum atomic E-state index is 12.3. The summed E-state index contributed by atoms with van der Waals surface area (Å²) in [6.45, 7) is 0. The molecule has 0 radical (unpaired) electrons. The third-order valence-corrected chi connectivity index (χ3v) is 5.76. The molecule has 1 amide bonds. The summed E-state index contributed by atoms with van der Waals surface area (Å²) in [6.07, 6.45) is 1.72. The lowest BCUT2D eigenvalue weighted by molar-refractivity contribution is -0.136. The van der Waals surface area contributed by atoms with Gasteiger partial charge in [-0.15, -0.1) is 0 Å². The van der Waals surface area contributed by atoms with Crippen LogP contribution in [0.1, 0.15) is 21.5 Å². The zero-order chi connectivity index (χ0) is 23.4. The van der Waals surface area contributed by atoms with Crippen LogP contribution in [-0.4, -0.2) is 33.2 Å². The lowest BCUT2D eigenvalue weighted by atomic mass is 10.0.